The molecule has 2 nitrogen and oxygen atoms in total. The molecule has 0 amide bonds. The second-order valence-electron chi connectivity index (χ2n) is 2.43. The summed E-state index contributed by atoms with van der Waals surface area (Å²) in [5.41, 5.74) is 0. The first-order chi connectivity index (χ1) is 4.33. The normalized spacial score (nSPS) is 35.3. The van der Waals surface area contributed by atoms with Gasteiger partial charge in [0.25, 0.3) is 0 Å². The summed E-state index contributed by atoms with van der Waals surface area (Å²) in [5.74, 6) is 0.380. The highest BCUT2D eigenvalue weighted by atomic mass is 19.1. The van der Waals surface area contributed by atoms with Crippen molar-refractivity contribution in [3.63, 3.8) is 0 Å². The molecular weight excluding hydrogens is 121 g/mol. The minimum absolute atomic E-state index is 0.380. The Morgan fingerprint density at radius 2 is 2.56 bits per heavy atom. The highest BCUT2D eigenvalue weighted by Crippen LogP contribution is 2.13. The van der Waals surface area contributed by atoms with Crippen LogP contribution >= 0.6 is 0 Å². The molecule has 1 rings (SSSR count). The molecule has 0 bridgehead atoms. The lowest BCUT2D eigenvalue weighted by Gasteiger charge is -2.03. The Labute approximate surface area is 54.4 Å². The summed E-state index contributed by atoms with van der Waals surface area (Å²) in [5, 5.41) is 2.71. The molecule has 1 fully saturated rings. The zero-order valence-electron chi connectivity index (χ0n) is 5.56. The molecule has 2 unspecified atom stereocenters. The van der Waals surface area contributed by atoms with E-state index < -0.39 is 6.30 Å². The molecule has 54 valence electrons. The Bertz CT molecular complexity index is 87.1. The van der Waals surface area contributed by atoms with Crippen molar-refractivity contribution >= 4 is 0 Å². The number of halogens is 1. The molecule has 9 heavy (non-hydrogen) atoms. The number of rotatable bonds is 2. The first-order valence-electron chi connectivity index (χ1n) is 3.19. The molecule has 0 aromatic rings. The second-order valence-corrected chi connectivity index (χ2v) is 2.43. The summed E-state index contributed by atoms with van der Waals surface area (Å²) >= 11 is 0. The minimum Gasteiger partial charge on any atom is -0.384 e. The van der Waals surface area contributed by atoms with Gasteiger partial charge in [-0.05, 0) is 12.3 Å². The van der Waals surface area contributed by atoms with E-state index in [-0.39, 0.29) is 0 Å². The molecule has 3 heteroatoms. The third-order valence-electron chi connectivity index (χ3n) is 1.57. The molecule has 1 saturated heterocycles. The van der Waals surface area contributed by atoms with E-state index in [0.29, 0.717) is 18.9 Å². The molecule has 1 aliphatic heterocycles. The topological polar surface area (TPSA) is 21.3 Å². The van der Waals surface area contributed by atoms with Gasteiger partial charge in [0.15, 0.2) is 6.30 Å². The van der Waals surface area contributed by atoms with Crippen LogP contribution in [0.25, 0.3) is 0 Å². The molecule has 1 N–H and O–H groups in total. The Kier molecular flexibility index (Phi) is 2.42. The van der Waals surface area contributed by atoms with Gasteiger partial charge < -0.3 is 4.74 Å². The maximum Gasteiger partial charge on any atom is 0.151 e. The third-order valence-corrected chi connectivity index (χ3v) is 1.57. The average molecular weight is 133 g/mol. The predicted octanol–water partition coefficient (Wildman–Crippen LogP) is 0.538. The van der Waals surface area contributed by atoms with Gasteiger partial charge in [-0.2, -0.15) is 0 Å². The highest BCUT2D eigenvalue weighted by molar-refractivity contribution is 4.73. The van der Waals surface area contributed by atoms with E-state index in [4.69, 9.17) is 4.74 Å². The third kappa shape index (κ3) is 1.91. The molecule has 0 aromatic heterocycles. The number of ether oxygens (including phenoxy) is 1. The van der Waals surface area contributed by atoms with Gasteiger partial charge in [0.1, 0.15) is 0 Å². The fourth-order valence-corrected chi connectivity index (χ4v) is 1.12. The van der Waals surface area contributed by atoms with E-state index in [1.54, 1.807) is 7.11 Å². The quantitative estimate of drug-likeness (QED) is 0.555. The van der Waals surface area contributed by atoms with E-state index in [0.717, 1.165) is 6.54 Å². The van der Waals surface area contributed by atoms with Crippen molar-refractivity contribution in [3.8, 4) is 0 Å². The lowest BCUT2D eigenvalue weighted by molar-refractivity contribution is 0.155. The Balaban J connectivity index is 2.14. The molecule has 1 heterocycles. The van der Waals surface area contributed by atoms with Gasteiger partial charge in [-0.3, -0.25) is 5.32 Å². The van der Waals surface area contributed by atoms with Crippen LogP contribution in [0.4, 0.5) is 4.39 Å². The number of methoxy groups -OCH3 is 1. The van der Waals surface area contributed by atoms with Gasteiger partial charge in [0.05, 0.1) is 6.61 Å². The molecule has 1 aliphatic rings. The van der Waals surface area contributed by atoms with Crippen molar-refractivity contribution in [1.29, 1.82) is 0 Å². The van der Waals surface area contributed by atoms with Crippen molar-refractivity contribution in [2.24, 2.45) is 5.92 Å². The molecule has 0 radical (unpaired) electrons. The van der Waals surface area contributed by atoms with Crippen molar-refractivity contribution in [2.75, 3.05) is 20.3 Å². The van der Waals surface area contributed by atoms with Crippen LogP contribution in [0.1, 0.15) is 6.42 Å². The molecule has 0 saturated carbocycles. The van der Waals surface area contributed by atoms with Crippen LogP contribution in [0, 0.1) is 5.92 Å². The summed E-state index contributed by atoms with van der Waals surface area (Å²) < 4.78 is 17.2. The van der Waals surface area contributed by atoms with Gasteiger partial charge in [-0.25, -0.2) is 4.39 Å². The Morgan fingerprint density at radius 3 is 3.00 bits per heavy atom. The van der Waals surface area contributed by atoms with Crippen LogP contribution in [-0.4, -0.2) is 26.6 Å². The lowest BCUT2D eigenvalue weighted by Crippen LogP contribution is -2.16. The summed E-state index contributed by atoms with van der Waals surface area (Å²) in [4.78, 5) is 0. The first-order valence-corrected chi connectivity index (χ1v) is 3.19. The molecule has 0 aliphatic carbocycles. The Hall–Kier alpha value is -0.150. The van der Waals surface area contributed by atoms with Gasteiger partial charge in [-0.15, -0.1) is 0 Å². The first kappa shape index (κ1) is 6.96. The summed E-state index contributed by atoms with van der Waals surface area (Å²) in [7, 11) is 1.64. The molecule has 0 aromatic carbocycles. The fourth-order valence-electron chi connectivity index (χ4n) is 1.12. The highest BCUT2D eigenvalue weighted by Gasteiger charge is 2.22. The zero-order chi connectivity index (χ0) is 6.69. The van der Waals surface area contributed by atoms with Gasteiger partial charge >= 0.3 is 0 Å². The number of hydrogen-bond acceptors (Lipinski definition) is 2. The van der Waals surface area contributed by atoms with E-state index in [1.807, 2.05) is 0 Å². The standard InChI is InChI=1S/C6H12FNO/c1-9-4-5-2-6(7)8-3-5/h5-6,8H,2-4H2,1H3. The predicted molar refractivity (Wildman–Crippen MR) is 32.9 cm³/mol. The van der Waals surface area contributed by atoms with Crippen LogP contribution in [0.15, 0.2) is 0 Å². The van der Waals surface area contributed by atoms with E-state index >= 15 is 0 Å². The SMILES string of the molecule is COCC1CNC(F)C1. The van der Waals surface area contributed by atoms with Gasteiger partial charge in [-0.1, -0.05) is 0 Å². The monoisotopic (exact) mass is 133 g/mol. The van der Waals surface area contributed by atoms with Crippen LogP contribution in [-0.2, 0) is 4.74 Å². The molecule has 0 spiro atoms. The van der Waals surface area contributed by atoms with Crippen molar-refractivity contribution in [2.45, 2.75) is 12.7 Å². The minimum atomic E-state index is -0.801. The van der Waals surface area contributed by atoms with Crippen molar-refractivity contribution in [3.05, 3.63) is 0 Å². The summed E-state index contributed by atoms with van der Waals surface area (Å²) in [6, 6.07) is 0. The number of nitrogens with one attached hydrogen (secondary N) is 1. The lowest BCUT2D eigenvalue weighted by atomic mass is 10.1. The second kappa shape index (κ2) is 3.13. The van der Waals surface area contributed by atoms with Crippen molar-refractivity contribution in [1.82, 2.24) is 5.32 Å². The summed E-state index contributed by atoms with van der Waals surface area (Å²) in [6.45, 7) is 1.43. The zero-order valence-corrected chi connectivity index (χ0v) is 5.56. The van der Waals surface area contributed by atoms with Crippen LogP contribution < -0.4 is 5.32 Å². The number of hydrogen-bond donors (Lipinski definition) is 1. The molecule has 2 atom stereocenters. The summed E-state index contributed by atoms with van der Waals surface area (Å²) in [6.07, 6.45) is -0.196. The number of alkyl halides is 1. The maximum absolute atomic E-state index is 12.3. The molecular formula is C6H12FNO. The van der Waals surface area contributed by atoms with Gasteiger partial charge in [0, 0.05) is 13.7 Å². The van der Waals surface area contributed by atoms with Gasteiger partial charge in [0.2, 0.25) is 0 Å². The maximum atomic E-state index is 12.3. The average Bonchev–Trinajstić information content (AvgIpc) is 2.17. The fraction of sp³-hybridized carbons (Fsp3) is 1.00. The van der Waals surface area contributed by atoms with E-state index in [2.05, 4.69) is 5.32 Å². The Morgan fingerprint density at radius 1 is 1.78 bits per heavy atom. The van der Waals surface area contributed by atoms with Crippen molar-refractivity contribution < 1.29 is 9.13 Å². The smallest absolute Gasteiger partial charge is 0.151 e. The van der Waals surface area contributed by atoms with Crippen LogP contribution in [0.2, 0.25) is 0 Å². The van der Waals surface area contributed by atoms with E-state index in [9.17, 15) is 4.39 Å². The van der Waals surface area contributed by atoms with Crippen LogP contribution in [0.5, 0.6) is 0 Å². The largest absolute Gasteiger partial charge is 0.384 e. The van der Waals surface area contributed by atoms with E-state index in [1.165, 1.54) is 0 Å². The van der Waals surface area contributed by atoms with Crippen LogP contribution in [0.3, 0.4) is 0 Å².